The lowest BCUT2D eigenvalue weighted by Gasteiger charge is -2.42. The topological polar surface area (TPSA) is 64.4 Å². The fourth-order valence-electron chi connectivity index (χ4n) is 3.27. The predicted octanol–water partition coefficient (Wildman–Crippen LogP) is 3.53. The maximum Gasteiger partial charge on any atom is 0.250 e. The Balaban J connectivity index is 2.00. The molecule has 1 heterocycles. The summed E-state index contributed by atoms with van der Waals surface area (Å²) in [6.45, 7) is 4.12. The van der Waals surface area contributed by atoms with Gasteiger partial charge in [-0.3, -0.25) is 9.59 Å². The van der Waals surface area contributed by atoms with E-state index < -0.39 is 6.04 Å². The number of halogens is 1. The molecule has 1 fully saturated rings. The van der Waals surface area contributed by atoms with Crippen molar-refractivity contribution in [3.05, 3.63) is 70.2 Å². The second-order valence-electron chi connectivity index (χ2n) is 6.85. The summed E-state index contributed by atoms with van der Waals surface area (Å²) in [5.74, 6) is -0.228. The zero-order chi connectivity index (χ0) is 19.6. The molecule has 0 bridgehead atoms. The SMILES string of the molecule is CC(C)N1CC(=O)N(Cc2cccc(C#N)c2)C(c2ccc(Cl)cc2)C1=O. The lowest BCUT2D eigenvalue weighted by molar-refractivity contribution is -0.158. The van der Waals surface area contributed by atoms with E-state index in [9.17, 15) is 9.59 Å². The van der Waals surface area contributed by atoms with Crippen molar-refractivity contribution in [2.24, 2.45) is 0 Å². The summed E-state index contributed by atoms with van der Waals surface area (Å²) in [7, 11) is 0. The molecule has 1 saturated heterocycles. The van der Waals surface area contributed by atoms with Gasteiger partial charge in [-0.1, -0.05) is 35.9 Å². The Labute approximate surface area is 163 Å². The number of hydrogen-bond donors (Lipinski definition) is 0. The molecule has 2 amide bonds. The van der Waals surface area contributed by atoms with Crippen LogP contribution in [0, 0.1) is 11.3 Å². The average molecular weight is 382 g/mol. The van der Waals surface area contributed by atoms with E-state index in [4.69, 9.17) is 16.9 Å². The van der Waals surface area contributed by atoms with Gasteiger partial charge in [0.15, 0.2) is 0 Å². The summed E-state index contributed by atoms with van der Waals surface area (Å²) in [5, 5.41) is 9.68. The predicted molar refractivity (Wildman–Crippen MR) is 103 cm³/mol. The summed E-state index contributed by atoms with van der Waals surface area (Å²) >= 11 is 5.99. The van der Waals surface area contributed by atoms with Gasteiger partial charge in [-0.15, -0.1) is 0 Å². The van der Waals surface area contributed by atoms with Crippen molar-refractivity contribution < 1.29 is 9.59 Å². The van der Waals surface area contributed by atoms with Crippen LogP contribution in [-0.4, -0.2) is 34.2 Å². The first kappa shape index (κ1) is 18.9. The molecule has 5 nitrogen and oxygen atoms in total. The molecule has 2 aromatic carbocycles. The van der Waals surface area contributed by atoms with E-state index in [2.05, 4.69) is 6.07 Å². The molecule has 138 valence electrons. The Morgan fingerprint density at radius 3 is 2.52 bits per heavy atom. The Morgan fingerprint density at radius 1 is 1.19 bits per heavy atom. The van der Waals surface area contributed by atoms with Crippen LogP contribution >= 0.6 is 11.6 Å². The molecule has 27 heavy (non-hydrogen) atoms. The molecular formula is C21H20ClN3O2. The van der Waals surface area contributed by atoms with E-state index in [1.807, 2.05) is 19.9 Å². The van der Waals surface area contributed by atoms with Gasteiger partial charge in [0.05, 0.1) is 11.6 Å². The monoisotopic (exact) mass is 381 g/mol. The lowest BCUT2D eigenvalue weighted by atomic mass is 9.99. The van der Waals surface area contributed by atoms with Crippen LogP contribution in [0.2, 0.25) is 5.02 Å². The summed E-state index contributed by atoms with van der Waals surface area (Å²) in [5.41, 5.74) is 2.06. The van der Waals surface area contributed by atoms with Crippen molar-refractivity contribution in [3.63, 3.8) is 0 Å². The molecule has 1 aliphatic rings. The van der Waals surface area contributed by atoms with Crippen LogP contribution in [0.4, 0.5) is 0 Å². The first-order valence-corrected chi connectivity index (χ1v) is 9.13. The van der Waals surface area contributed by atoms with Gasteiger partial charge in [-0.2, -0.15) is 5.26 Å². The minimum absolute atomic E-state index is 0.0541. The molecule has 0 spiro atoms. The van der Waals surface area contributed by atoms with Crippen molar-refractivity contribution >= 4 is 23.4 Å². The van der Waals surface area contributed by atoms with Crippen LogP contribution in [0.25, 0.3) is 0 Å². The number of nitriles is 1. The number of carbonyl (C=O) groups is 2. The molecule has 2 aromatic rings. The van der Waals surface area contributed by atoms with Crippen molar-refractivity contribution in [2.45, 2.75) is 32.5 Å². The molecule has 0 saturated carbocycles. The van der Waals surface area contributed by atoms with Gasteiger partial charge in [0.2, 0.25) is 5.91 Å². The van der Waals surface area contributed by atoms with E-state index in [-0.39, 0.29) is 30.9 Å². The molecule has 0 N–H and O–H groups in total. The second kappa shape index (κ2) is 7.81. The van der Waals surface area contributed by atoms with Crippen molar-refractivity contribution in [3.8, 4) is 6.07 Å². The van der Waals surface area contributed by atoms with E-state index in [1.165, 1.54) is 0 Å². The van der Waals surface area contributed by atoms with Crippen molar-refractivity contribution in [1.82, 2.24) is 9.80 Å². The van der Waals surface area contributed by atoms with E-state index in [1.54, 1.807) is 52.3 Å². The highest BCUT2D eigenvalue weighted by Gasteiger charge is 2.41. The lowest BCUT2D eigenvalue weighted by Crippen LogP contribution is -2.56. The first-order valence-electron chi connectivity index (χ1n) is 8.75. The zero-order valence-corrected chi connectivity index (χ0v) is 16.0. The summed E-state index contributed by atoms with van der Waals surface area (Å²) in [6.07, 6.45) is 0. The van der Waals surface area contributed by atoms with Gasteiger partial charge in [0.1, 0.15) is 12.6 Å². The molecular weight excluding hydrogens is 362 g/mol. The highest BCUT2D eigenvalue weighted by molar-refractivity contribution is 6.30. The van der Waals surface area contributed by atoms with E-state index >= 15 is 0 Å². The highest BCUT2D eigenvalue weighted by Crippen LogP contribution is 2.31. The second-order valence-corrected chi connectivity index (χ2v) is 7.28. The summed E-state index contributed by atoms with van der Waals surface area (Å²) in [4.78, 5) is 29.3. The number of amides is 2. The number of piperazine rings is 1. The molecule has 1 aliphatic heterocycles. The number of carbonyl (C=O) groups excluding carboxylic acids is 2. The normalized spacial score (nSPS) is 17.4. The number of hydrogen-bond acceptors (Lipinski definition) is 3. The highest BCUT2D eigenvalue weighted by atomic mass is 35.5. The van der Waals surface area contributed by atoms with Crippen molar-refractivity contribution in [2.75, 3.05) is 6.54 Å². The summed E-state index contributed by atoms with van der Waals surface area (Å²) in [6, 6.07) is 15.4. The molecule has 0 radical (unpaired) electrons. The summed E-state index contributed by atoms with van der Waals surface area (Å²) < 4.78 is 0. The van der Waals surface area contributed by atoms with Crippen LogP contribution in [0.3, 0.4) is 0 Å². The Bertz CT molecular complexity index is 902. The quantitative estimate of drug-likeness (QED) is 0.813. The zero-order valence-electron chi connectivity index (χ0n) is 15.2. The molecule has 6 heteroatoms. The van der Waals surface area contributed by atoms with Gasteiger partial charge < -0.3 is 9.80 Å². The molecule has 1 atom stereocenters. The minimum Gasteiger partial charge on any atom is -0.329 e. The smallest absolute Gasteiger partial charge is 0.250 e. The van der Waals surface area contributed by atoms with E-state index in [0.29, 0.717) is 10.6 Å². The maximum atomic E-state index is 13.2. The van der Waals surface area contributed by atoms with Crippen molar-refractivity contribution in [1.29, 1.82) is 5.26 Å². The van der Waals surface area contributed by atoms with Crippen LogP contribution in [0.1, 0.15) is 36.6 Å². The molecule has 0 aromatic heterocycles. The van der Waals surface area contributed by atoms with Crippen LogP contribution in [-0.2, 0) is 16.1 Å². The Kier molecular flexibility index (Phi) is 5.48. The standard InChI is InChI=1S/C21H20ClN3O2/c1-14(2)24-13-19(26)25(12-16-5-3-4-15(10-16)11-23)20(21(24)27)17-6-8-18(22)9-7-17/h3-10,14,20H,12-13H2,1-2H3. The Morgan fingerprint density at radius 2 is 1.89 bits per heavy atom. The Hall–Kier alpha value is -2.84. The van der Waals surface area contributed by atoms with Crippen LogP contribution < -0.4 is 0 Å². The van der Waals surface area contributed by atoms with Gasteiger partial charge in [-0.25, -0.2) is 0 Å². The maximum absolute atomic E-state index is 13.2. The van der Waals surface area contributed by atoms with Gasteiger partial charge in [0.25, 0.3) is 5.91 Å². The average Bonchev–Trinajstić information content (AvgIpc) is 2.65. The third-order valence-corrected chi connectivity index (χ3v) is 4.92. The minimum atomic E-state index is -0.711. The molecule has 0 aliphatic carbocycles. The van der Waals surface area contributed by atoms with Crippen LogP contribution in [0.5, 0.6) is 0 Å². The number of nitrogens with zero attached hydrogens (tertiary/aromatic N) is 3. The van der Waals surface area contributed by atoms with E-state index in [0.717, 1.165) is 11.1 Å². The van der Waals surface area contributed by atoms with Gasteiger partial charge >= 0.3 is 0 Å². The number of rotatable bonds is 4. The van der Waals surface area contributed by atoms with Gasteiger partial charge in [-0.05, 0) is 49.2 Å². The fourth-order valence-corrected chi connectivity index (χ4v) is 3.39. The number of benzene rings is 2. The largest absolute Gasteiger partial charge is 0.329 e. The first-order chi connectivity index (χ1) is 12.9. The third kappa shape index (κ3) is 3.96. The molecule has 3 rings (SSSR count). The molecule has 1 unspecified atom stereocenters. The van der Waals surface area contributed by atoms with Gasteiger partial charge in [0, 0.05) is 17.6 Å². The third-order valence-electron chi connectivity index (χ3n) is 4.67. The fraction of sp³-hybridized carbons (Fsp3) is 0.286. The van der Waals surface area contributed by atoms with Crippen LogP contribution in [0.15, 0.2) is 48.5 Å².